The van der Waals surface area contributed by atoms with E-state index >= 15 is 0 Å². The molecule has 1 saturated heterocycles. The summed E-state index contributed by atoms with van der Waals surface area (Å²) in [5.41, 5.74) is 2.36. The number of phenolic OH excluding ortho intramolecular Hbond substituents is 1. The van der Waals surface area contributed by atoms with Crippen LogP contribution in [0.1, 0.15) is 42.5 Å². The van der Waals surface area contributed by atoms with Crippen molar-refractivity contribution in [3.63, 3.8) is 0 Å². The molecule has 7 nitrogen and oxygen atoms in total. The van der Waals surface area contributed by atoms with Crippen LogP contribution in [0.4, 0.5) is 5.69 Å². The van der Waals surface area contributed by atoms with Gasteiger partial charge in [0, 0.05) is 11.8 Å². The molecule has 0 saturated carbocycles. The largest absolute Gasteiger partial charge is 0.508 e. The molecule has 2 N–H and O–H groups in total. The van der Waals surface area contributed by atoms with Gasteiger partial charge in [-0.15, -0.1) is 0 Å². The second-order valence-electron chi connectivity index (χ2n) is 8.57. The molecule has 35 heavy (non-hydrogen) atoms. The van der Waals surface area contributed by atoms with Crippen LogP contribution in [0.25, 0.3) is 5.76 Å². The fourth-order valence-electron chi connectivity index (χ4n) is 4.23. The van der Waals surface area contributed by atoms with Crippen LogP contribution in [0.2, 0.25) is 0 Å². The maximum Gasteiger partial charge on any atom is 0.300 e. The summed E-state index contributed by atoms with van der Waals surface area (Å²) in [7, 11) is 2.95. The third-order valence-corrected chi connectivity index (χ3v) is 6.15. The molecule has 4 rings (SSSR count). The average molecular weight is 474 g/mol. The number of phenols is 1. The summed E-state index contributed by atoms with van der Waals surface area (Å²) in [5, 5.41) is 21.2. The highest BCUT2D eigenvalue weighted by Crippen LogP contribution is 2.44. The molecule has 0 spiro atoms. The zero-order valence-electron chi connectivity index (χ0n) is 20.0. The maximum absolute atomic E-state index is 13.3. The number of hydrogen-bond donors (Lipinski definition) is 2. The number of benzene rings is 3. The van der Waals surface area contributed by atoms with Gasteiger partial charge in [-0.3, -0.25) is 14.5 Å². The first kappa shape index (κ1) is 23.9. The summed E-state index contributed by atoms with van der Waals surface area (Å²) in [6.07, 6.45) is 0. The summed E-state index contributed by atoms with van der Waals surface area (Å²) in [6.45, 7) is 4.14. The fraction of sp³-hybridized carbons (Fsp3) is 0.214. The van der Waals surface area contributed by atoms with E-state index in [4.69, 9.17) is 9.47 Å². The number of ether oxygens (including phenoxy) is 2. The van der Waals surface area contributed by atoms with E-state index in [1.807, 2.05) is 12.1 Å². The molecule has 1 atom stereocenters. The van der Waals surface area contributed by atoms with Crippen molar-refractivity contribution in [2.45, 2.75) is 25.8 Å². The second kappa shape index (κ2) is 9.54. The minimum atomic E-state index is -0.910. The van der Waals surface area contributed by atoms with Crippen LogP contribution in [0, 0.1) is 0 Å². The Bertz CT molecular complexity index is 1290. The van der Waals surface area contributed by atoms with Crippen LogP contribution in [0.3, 0.4) is 0 Å². The molecule has 0 aromatic heterocycles. The molecule has 3 aromatic rings. The molecular weight excluding hydrogens is 446 g/mol. The molecule has 1 amide bonds. The van der Waals surface area contributed by atoms with Crippen LogP contribution in [0.5, 0.6) is 17.2 Å². The lowest BCUT2D eigenvalue weighted by Crippen LogP contribution is -2.29. The zero-order valence-corrected chi connectivity index (χ0v) is 20.0. The summed E-state index contributed by atoms with van der Waals surface area (Å²) >= 11 is 0. The molecule has 1 heterocycles. The number of aliphatic hydroxyl groups excluding tert-OH is 1. The van der Waals surface area contributed by atoms with Crippen LogP contribution in [0.15, 0.2) is 72.3 Å². The number of carbonyl (C=O) groups excluding carboxylic acids is 2. The average Bonchev–Trinajstić information content (AvgIpc) is 3.13. The minimum absolute atomic E-state index is 0.0452. The van der Waals surface area contributed by atoms with Gasteiger partial charge in [0.15, 0.2) is 0 Å². The van der Waals surface area contributed by atoms with Gasteiger partial charge in [0.05, 0.1) is 31.4 Å². The Kier molecular flexibility index (Phi) is 6.51. The third kappa shape index (κ3) is 4.33. The number of aromatic hydroxyl groups is 1. The molecule has 0 bridgehead atoms. The SMILES string of the molecule is COc1ccc(/C(O)=C2/C(=O)C(=O)N(c3ccc(C(C)C)cc3)C2c2ccc(O)cc2)c(OC)c1. The van der Waals surface area contributed by atoms with E-state index in [1.165, 1.54) is 31.3 Å². The monoisotopic (exact) mass is 473 g/mol. The Balaban J connectivity index is 1.93. The highest BCUT2D eigenvalue weighted by atomic mass is 16.5. The number of rotatable bonds is 6. The predicted molar refractivity (Wildman–Crippen MR) is 133 cm³/mol. The Morgan fingerprint density at radius 3 is 2.14 bits per heavy atom. The third-order valence-electron chi connectivity index (χ3n) is 6.15. The van der Waals surface area contributed by atoms with E-state index < -0.39 is 17.7 Å². The molecule has 1 aliphatic heterocycles. The lowest BCUT2D eigenvalue weighted by Gasteiger charge is -2.26. The molecule has 0 radical (unpaired) electrons. The van der Waals surface area contributed by atoms with Crippen molar-refractivity contribution in [2.75, 3.05) is 19.1 Å². The van der Waals surface area contributed by atoms with E-state index in [0.717, 1.165) is 5.56 Å². The summed E-state index contributed by atoms with van der Waals surface area (Å²) in [6, 6.07) is 17.5. The Morgan fingerprint density at radius 1 is 0.914 bits per heavy atom. The minimum Gasteiger partial charge on any atom is -0.508 e. The quantitative estimate of drug-likeness (QED) is 0.292. The fourth-order valence-corrected chi connectivity index (χ4v) is 4.23. The Hall–Kier alpha value is -4.26. The van der Waals surface area contributed by atoms with Gasteiger partial charge < -0.3 is 19.7 Å². The van der Waals surface area contributed by atoms with Gasteiger partial charge in [0.2, 0.25) is 0 Å². The molecule has 1 aliphatic rings. The van der Waals surface area contributed by atoms with Crippen LogP contribution in [-0.2, 0) is 9.59 Å². The second-order valence-corrected chi connectivity index (χ2v) is 8.57. The number of amides is 1. The van der Waals surface area contributed by atoms with Gasteiger partial charge in [-0.1, -0.05) is 38.1 Å². The van der Waals surface area contributed by atoms with Gasteiger partial charge in [0.1, 0.15) is 23.0 Å². The number of methoxy groups -OCH3 is 2. The lowest BCUT2D eigenvalue weighted by molar-refractivity contribution is -0.132. The molecule has 0 aliphatic carbocycles. The van der Waals surface area contributed by atoms with Crippen LogP contribution >= 0.6 is 0 Å². The Morgan fingerprint density at radius 2 is 1.57 bits per heavy atom. The van der Waals surface area contributed by atoms with Crippen molar-refractivity contribution < 1.29 is 29.3 Å². The van der Waals surface area contributed by atoms with Gasteiger partial charge >= 0.3 is 0 Å². The van der Waals surface area contributed by atoms with Crippen LogP contribution in [-0.4, -0.2) is 36.1 Å². The number of Topliss-reactive ketones (excluding diaryl/α,β-unsaturated/α-hetero) is 1. The molecule has 1 unspecified atom stereocenters. The molecular formula is C28H27NO6. The topological polar surface area (TPSA) is 96.3 Å². The normalized spacial score (nSPS) is 17.2. The number of ketones is 1. The van der Waals surface area contributed by atoms with E-state index in [-0.39, 0.29) is 22.6 Å². The van der Waals surface area contributed by atoms with Crippen molar-refractivity contribution in [3.8, 4) is 17.2 Å². The summed E-state index contributed by atoms with van der Waals surface area (Å²) < 4.78 is 10.6. The first-order valence-electron chi connectivity index (χ1n) is 11.2. The molecule has 180 valence electrons. The highest BCUT2D eigenvalue weighted by Gasteiger charge is 2.47. The van der Waals surface area contributed by atoms with Gasteiger partial charge in [-0.05, 0) is 53.4 Å². The van der Waals surface area contributed by atoms with Crippen LogP contribution < -0.4 is 14.4 Å². The number of nitrogens with zero attached hydrogens (tertiary/aromatic N) is 1. The number of anilines is 1. The Labute approximate surface area is 203 Å². The van der Waals surface area contributed by atoms with Crippen molar-refractivity contribution in [2.24, 2.45) is 0 Å². The first-order chi connectivity index (χ1) is 16.8. The molecule has 1 fully saturated rings. The van der Waals surface area contributed by atoms with Crippen molar-refractivity contribution in [1.29, 1.82) is 0 Å². The van der Waals surface area contributed by atoms with Gasteiger partial charge in [0.25, 0.3) is 11.7 Å². The molecule has 3 aromatic carbocycles. The smallest absolute Gasteiger partial charge is 0.300 e. The zero-order chi connectivity index (χ0) is 25.3. The van der Waals surface area contributed by atoms with Gasteiger partial charge in [-0.25, -0.2) is 0 Å². The van der Waals surface area contributed by atoms with E-state index in [0.29, 0.717) is 28.7 Å². The lowest BCUT2D eigenvalue weighted by atomic mass is 9.94. The molecule has 7 heteroatoms. The van der Waals surface area contributed by atoms with Crippen molar-refractivity contribution in [1.82, 2.24) is 0 Å². The number of hydrogen-bond acceptors (Lipinski definition) is 6. The standard InChI is InChI=1S/C28H27NO6/c1-16(2)17-5-9-19(10-6-17)29-25(18-7-11-20(30)12-8-18)24(27(32)28(29)33)26(31)22-14-13-21(34-3)15-23(22)35-4/h5-16,25,30-31H,1-4H3/b26-24-. The van der Waals surface area contributed by atoms with E-state index in [1.54, 1.807) is 42.5 Å². The van der Waals surface area contributed by atoms with E-state index in [2.05, 4.69) is 13.8 Å². The predicted octanol–water partition coefficient (Wildman–Crippen LogP) is 5.16. The highest BCUT2D eigenvalue weighted by molar-refractivity contribution is 6.51. The summed E-state index contributed by atoms with van der Waals surface area (Å²) in [4.78, 5) is 28.0. The maximum atomic E-state index is 13.3. The number of aliphatic hydroxyl groups is 1. The van der Waals surface area contributed by atoms with E-state index in [9.17, 15) is 19.8 Å². The first-order valence-corrected chi connectivity index (χ1v) is 11.2. The van der Waals surface area contributed by atoms with Crippen molar-refractivity contribution in [3.05, 3.63) is 89.0 Å². The number of carbonyl (C=O) groups is 2. The van der Waals surface area contributed by atoms with Gasteiger partial charge in [-0.2, -0.15) is 0 Å². The van der Waals surface area contributed by atoms with Crippen molar-refractivity contribution >= 4 is 23.1 Å². The summed E-state index contributed by atoms with van der Waals surface area (Å²) in [5.74, 6) is -0.778.